The summed E-state index contributed by atoms with van der Waals surface area (Å²) in [5.74, 6) is -0.113. The number of nitro groups is 1. The van der Waals surface area contributed by atoms with Gasteiger partial charge in [-0.25, -0.2) is 0 Å². The number of aromatic nitrogens is 1. The fourth-order valence-corrected chi connectivity index (χ4v) is 2.51. The van der Waals surface area contributed by atoms with Crippen molar-refractivity contribution in [3.63, 3.8) is 0 Å². The average Bonchev–Trinajstić information content (AvgIpc) is 2.70. The molecule has 1 atom stereocenters. The van der Waals surface area contributed by atoms with E-state index in [0.29, 0.717) is 24.0 Å². The van der Waals surface area contributed by atoms with E-state index in [1.807, 2.05) is 0 Å². The summed E-state index contributed by atoms with van der Waals surface area (Å²) in [7, 11) is 0. The largest absolute Gasteiger partial charge is 0.330 e. The van der Waals surface area contributed by atoms with Crippen LogP contribution in [0.5, 0.6) is 0 Å². The van der Waals surface area contributed by atoms with E-state index in [2.05, 4.69) is 20.9 Å². The maximum Gasteiger partial charge on any atom is 0.312 e. The zero-order valence-electron chi connectivity index (χ0n) is 9.38. The fraction of sp³-hybridized carbons (Fsp3) is 0.400. The van der Waals surface area contributed by atoms with E-state index in [9.17, 15) is 14.9 Å². The molecule has 7 nitrogen and oxygen atoms in total. The molecular formula is C10H11BrN4O3. The number of amides is 1. The molecule has 0 saturated carbocycles. The SMILES string of the molecule is NCC1CC(=O)N(c2c(Br)cncc2[N+](=O)[O-])C1. The summed E-state index contributed by atoms with van der Waals surface area (Å²) in [6.45, 7) is 0.789. The second-order valence-corrected chi connectivity index (χ2v) is 4.91. The lowest BCUT2D eigenvalue weighted by molar-refractivity contribution is -0.384. The van der Waals surface area contributed by atoms with Crippen molar-refractivity contribution in [1.29, 1.82) is 0 Å². The van der Waals surface area contributed by atoms with Crippen molar-refractivity contribution in [1.82, 2.24) is 4.98 Å². The number of halogens is 1. The van der Waals surface area contributed by atoms with Crippen molar-refractivity contribution >= 4 is 33.2 Å². The van der Waals surface area contributed by atoms with Gasteiger partial charge in [-0.05, 0) is 28.4 Å². The van der Waals surface area contributed by atoms with Crippen LogP contribution in [0.3, 0.4) is 0 Å². The first-order valence-corrected chi connectivity index (χ1v) is 6.12. The highest BCUT2D eigenvalue weighted by molar-refractivity contribution is 9.10. The number of nitrogens with zero attached hydrogens (tertiary/aromatic N) is 3. The van der Waals surface area contributed by atoms with Gasteiger partial charge in [0.1, 0.15) is 11.9 Å². The first-order chi connectivity index (χ1) is 8.54. The number of anilines is 1. The van der Waals surface area contributed by atoms with Gasteiger partial charge in [0.15, 0.2) is 0 Å². The smallest absolute Gasteiger partial charge is 0.312 e. The molecule has 1 fully saturated rings. The zero-order valence-corrected chi connectivity index (χ0v) is 11.0. The summed E-state index contributed by atoms with van der Waals surface area (Å²) in [4.78, 5) is 27.5. The first-order valence-electron chi connectivity index (χ1n) is 5.33. The predicted molar refractivity (Wildman–Crippen MR) is 68.1 cm³/mol. The third-order valence-electron chi connectivity index (χ3n) is 2.86. The lowest BCUT2D eigenvalue weighted by Crippen LogP contribution is -2.27. The van der Waals surface area contributed by atoms with E-state index in [1.165, 1.54) is 11.1 Å². The zero-order chi connectivity index (χ0) is 13.3. The number of hydrogen-bond donors (Lipinski definition) is 1. The van der Waals surface area contributed by atoms with Crippen LogP contribution in [-0.2, 0) is 4.79 Å². The minimum Gasteiger partial charge on any atom is -0.330 e. The van der Waals surface area contributed by atoms with E-state index in [0.717, 1.165) is 6.20 Å². The van der Waals surface area contributed by atoms with Crippen LogP contribution in [0.4, 0.5) is 11.4 Å². The minimum absolute atomic E-state index is 0.0390. The Bertz CT molecular complexity index is 508. The Morgan fingerprint density at radius 2 is 2.33 bits per heavy atom. The molecule has 0 aromatic carbocycles. The van der Waals surface area contributed by atoms with Crippen molar-refractivity contribution in [2.45, 2.75) is 6.42 Å². The van der Waals surface area contributed by atoms with Crippen molar-refractivity contribution in [3.8, 4) is 0 Å². The van der Waals surface area contributed by atoms with Gasteiger partial charge in [-0.1, -0.05) is 0 Å². The van der Waals surface area contributed by atoms with Crippen LogP contribution in [0.2, 0.25) is 0 Å². The van der Waals surface area contributed by atoms with Gasteiger partial charge in [0.05, 0.1) is 9.40 Å². The van der Waals surface area contributed by atoms with Crippen molar-refractivity contribution in [2.24, 2.45) is 11.7 Å². The molecule has 8 heteroatoms. The molecule has 1 aromatic rings. The number of carbonyl (C=O) groups is 1. The quantitative estimate of drug-likeness (QED) is 0.664. The highest BCUT2D eigenvalue weighted by atomic mass is 79.9. The van der Waals surface area contributed by atoms with Crippen LogP contribution in [0.1, 0.15) is 6.42 Å². The number of pyridine rings is 1. The average molecular weight is 315 g/mol. The second-order valence-electron chi connectivity index (χ2n) is 4.06. The Hall–Kier alpha value is -1.54. The number of hydrogen-bond acceptors (Lipinski definition) is 5. The molecule has 2 N–H and O–H groups in total. The highest BCUT2D eigenvalue weighted by Gasteiger charge is 2.35. The van der Waals surface area contributed by atoms with Gasteiger partial charge in [-0.3, -0.25) is 19.9 Å². The van der Waals surface area contributed by atoms with Crippen LogP contribution in [0, 0.1) is 16.0 Å². The van der Waals surface area contributed by atoms with Crippen molar-refractivity contribution in [2.75, 3.05) is 18.0 Å². The Morgan fingerprint density at radius 1 is 1.61 bits per heavy atom. The van der Waals surface area contributed by atoms with E-state index >= 15 is 0 Å². The Balaban J connectivity index is 2.45. The molecule has 1 saturated heterocycles. The van der Waals surface area contributed by atoms with Gasteiger partial charge < -0.3 is 10.6 Å². The molecule has 96 valence electrons. The second kappa shape index (κ2) is 4.99. The normalized spacial score (nSPS) is 19.3. The predicted octanol–water partition coefficient (Wildman–Crippen LogP) is 1.06. The molecule has 1 aliphatic rings. The Kier molecular flexibility index (Phi) is 3.58. The molecule has 0 aliphatic carbocycles. The first kappa shape index (κ1) is 12.9. The van der Waals surface area contributed by atoms with Gasteiger partial charge in [0, 0.05) is 19.2 Å². The highest BCUT2D eigenvalue weighted by Crippen LogP contribution is 2.37. The van der Waals surface area contributed by atoms with Gasteiger partial charge in [-0.15, -0.1) is 0 Å². The Morgan fingerprint density at radius 3 is 2.89 bits per heavy atom. The molecule has 1 amide bonds. The summed E-state index contributed by atoms with van der Waals surface area (Å²) >= 11 is 3.20. The maximum absolute atomic E-state index is 11.9. The van der Waals surface area contributed by atoms with E-state index < -0.39 is 4.92 Å². The van der Waals surface area contributed by atoms with Crippen LogP contribution >= 0.6 is 15.9 Å². The van der Waals surface area contributed by atoms with E-state index in [4.69, 9.17) is 5.73 Å². The molecule has 1 unspecified atom stereocenters. The molecule has 0 bridgehead atoms. The van der Waals surface area contributed by atoms with Gasteiger partial charge in [0.25, 0.3) is 0 Å². The minimum atomic E-state index is -0.545. The molecule has 1 aromatic heterocycles. The number of rotatable bonds is 3. The van der Waals surface area contributed by atoms with Crippen LogP contribution < -0.4 is 10.6 Å². The molecule has 2 rings (SSSR count). The fourth-order valence-electron chi connectivity index (χ4n) is 1.97. The molecule has 18 heavy (non-hydrogen) atoms. The van der Waals surface area contributed by atoms with Gasteiger partial charge in [-0.2, -0.15) is 0 Å². The maximum atomic E-state index is 11.9. The molecule has 0 radical (unpaired) electrons. The summed E-state index contributed by atoms with van der Waals surface area (Å²) in [5.41, 5.74) is 5.61. The third-order valence-corrected chi connectivity index (χ3v) is 3.44. The monoisotopic (exact) mass is 314 g/mol. The van der Waals surface area contributed by atoms with Gasteiger partial charge in [0.2, 0.25) is 5.91 Å². The van der Waals surface area contributed by atoms with Crippen LogP contribution in [0.25, 0.3) is 0 Å². The Labute approximate surface area is 111 Å². The van der Waals surface area contributed by atoms with Crippen LogP contribution in [-0.4, -0.2) is 28.9 Å². The molecule has 1 aliphatic heterocycles. The summed E-state index contributed by atoms with van der Waals surface area (Å²) in [6.07, 6.45) is 2.90. The van der Waals surface area contributed by atoms with Crippen molar-refractivity contribution < 1.29 is 9.72 Å². The lowest BCUT2D eigenvalue weighted by atomic mass is 10.1. The summed E-state index contributed by atoms with van der Waals surface area (Å²) in [5, 5.41) is 11.0. The lowest BCUT2D eigenvalue weighted by Gasteiger charge is -2.17. The molecule has 0 spiro atoms. The standard InChI is InChI=1S/C10H11BrN4O3/c11-7-3-13-4-8(15(17)18)10(7)14-5-6(2-12)1-9(14)16/h3-4,6H,1-2,5,12H2. The summed E-state index contributed by atoms with van der Waals surface area (Å²) in [6, 6.07) is 0. The number of nitrogens with two attached hydrogens (primary N) is 1. The summed E-state index contributed by atoms with van der Waals surface area (Å²) < 4.78 is 0.433. The van der Waals surface area contributed by atoms with E-state index in [1.54, 1.807) is 0 Å². The number of carbonyl (C=O) groups excluding carboxylic acids is 1. The topological polar surface area (TPSA) is 102 Å². The van der Waals surface area contributed by atoms with Crippen LogP contribution in [0.15, 0.2) is 16.9 Å². The van der Waals surface area contributed by atoms with Crippen molar-refractivity contribution in [3.05, 3.63) is 27.0 Å². The molecule has 2 heterocycles. The van der Waals surface area contributed by atoms with E-state index in [-0.39, 0.29) is 23.2 Å². The third kappa shape index (κ3) is 2.21. The van der Waals surface area contributed by atoms with Gasteiger partial charge >= 0.3 is 5.69 Å². The molecular weight excluding hydrogens is 304 g/mol.